The molecule has 0 bridgehead atoms. The summed E-state index contributed by atoms with van der Waals surface area (Å²) in [5, 5.41) is 6.03. The van der Waals surface area contributed by atoms with Gasteiger partial charge in [-0.2, -0.15) is 0 Å². The Labute approximate surface area is 187 Å². The van der Waals surface area contributed by atoms with Crippen LogP contribution in [0, 0.1) is 13.8 Å². The van der Waals surface area contributed by atoms with Crippen LogP contribution < -0.4 is 10.6 Å². The van der Waals surface area contributed by atoms with Gasteiger partial charge in [0, 0.05) is 23.1 Å². The summed E-state index contributed by atoms with van der Waals surface area (Å²) in [5.41, 5.74) is 7.15. The topological polar surface area (TPSA) is 58.4 Å². The fourth-order valence-corrected chi connectivity index (χ4v) is 3.71. The molecule has 31 heavy (non-hydrogen) atoms. The number of benzene rings is 2. The van der Waals surface area contributed by atoms with Crippen LogP contribution in [0.15, 0.2) is 72.9 Å². The lowest BCUT2D eigenvalue weighted by Crippen LogP contribution is -2.34. The van der Waals surface area contributed by atoms with Crippen LogP contribution in [0.25, 0.3) is 5.65 Å². The van der Waals surface area contributed by atoms with Gasteiger partial charge in [0.2, 0.25) is 0 Å². The van der Waals surface area contributed by atoms with Crippen molar-refractivity contribution < 1.29 is 4.79 Å². The van der Waals surface area contributed by atoms with Gasteiger partial charge in [-0.15, -0.1) is 0 Å². The van der Waals surface area contributed by atoms with Gasteiger partial charge >= 0.3 is 0 Å². The lowest BCUT2D eigenvalue weighted by Gasteiger charge is -2.10. The van der Waals surface area contributed by atoms with Crippen molar-refractivity contribution in [3.05, 3.63) is 101 Å². The molecule has 5 nitrogen and oxygen atoms in total. The zero-order valence-corrected chi connectivity index (χ0v) is 18.4. The second kappa shape index (κ2) is 9.10. The molecule has 2 N–H and O–H groups in total. The number of thiocarbonyl (C=S) groups is 1. The molecule has 4 aromatic rings. The molecule has 1 amide bonds. The van der Waals surface area contributed by atoms with E-state index >= 15 is 0 Å². The average Bonchev–Trinajstić information content (AvgIpc) is 3.08. The Morgan fingerprint density at radius 2 is 1.74 bits per heavy atom. The number of nitrogens with zero attached hydrogens (tertiary/aromatic N) is 2. The third kappa shape index (κ3) is 4.98. The molecule has 0 spiro atoms. The second-order valence-electron chi connectivity index (χ2n) is 7.55. The number of amides is 1. The van der Waals surface area contributed by atoms with E-state index in [1.807, 2.05) is 30.3 Å². The van der Waals surface area contributed by atoms with Gasteiger partial charge in [-0.1, -0.05) is 30.3 Å². The van der Waals surface area contributed by atoms with Crippen LogP contribution in [0.4, 0.5) is 5.69 Å². The molecule has 2 heterocycles. The fourth-order valence-electron chi connectivity index (χ4n) is 3.50. The highest BCUT2D eigenvalue weighted by atomic mass is 32.1. The second-order valence-corrected chi connectivity index (χ2v) is 7.96. The minimum atomic E-state index is -0.229. The van der Waals surface area contributed by atoms with Gasteiger partial charge in [-0.3, -0.25) is 10.1 Å². The van der Waals surface area contributed by atoms with Crippen molar-refractivity contribution in [1.82, 2.24) is 14.7 Å². The van der Waals surface area contributed by atoms with Crippen molar-refractivity contribution in [3.8, 4) is 0 Å². The van der Waals surface area contributed by atoms with Gasteiger partial charge in [0.25, 0.3) is 5.91 Å². The number of carbonyl (C=O) groups is 1. The van der Waals surface area contributed by atoms with Crippen LogP contribution >= 0.6 is 12.2 Å². The number of aryl methyl sites for hydroxylation is 4. The van der Waals surface area contributed by atoms with Crippen LogP contribution in [0.3, 0.4) is 0 Å². The summed E-state index contributed by atoms with van der Waals surface area (Å²) in [6.07, 6.45) is 3.86. The highest BCUT2D eigenvalue weighted by Gasteiger charge is 2.09. The lowest BCUT2D eigenvalue weighted by molar-refractivity contribution is 0.0977. The SMILES string of the molecule is Cc1ccn2c(C)c(CCc3ccc(NC(=S)NC(=O)c4ccccc4)cc3)nc2c1. The quantitative estimate of drug-likeness (QED) is 0.446. The first-order valence-electron chi connectivity index (χ1n) is 10.2. The van der Waals surface area contributed by atoms with E-state index in [0.717, 1.165) is 29.9 Å². The molecule has 0 saturated heterocycles. The van der Waals surface area contributed by atoms with Gasteiger partial charge in [-0.05, 0) is 86.4 Å². The molecule has 0 saturated carbocycles. The molecular weight excluding hydrogens is 404 g/mol. The maximum Gasteiger partial charge on any atom is 0.257 e. The number of aromatic nitrogens is 2. The molecule has 0 atom stereocenters. The summed E-state index contributed by atoms with van der Waals surface area (Å²) >= 11 is 5.26. The molecule has 6 heteroatoms. The minimum absolute atomic E-state index is 0.229. The Kier molecular flexibility index (Phi) is 6.09. The summed E-state index contributed by atoms with van der Waals surface area (Å²) in [4.78, 5) is 17.0. The number of anilines is 1. The van der Waals surface area contributed by atoms with E-state index in [-0.39, 0.29) is 11.0 Å². The van der Waals surface area contributed by atoms with Crippen LogP contribution in [0.1, 0.15) is 32.9 Å². The van der Waals surface area contributed by atoms with E-state index in [4.69, 9.17) is 17.2 Å². The Morgan fingerprint density at radius 1 is 1.00 bits per heavy atom. The Bertz CT molecular complexity index is 1230. The smallest absolute Gasteiger partial charge is 0.257 e. The van der Waals surface area contributed by atoms with Crippen LogP contribution in [-0.2, 0) is 12.8 Å². The van der Waals surface area contributed by atoms with Crippen LogP contribution in [0.2, 0.25) is 0 Å². The lowest BCUT2D eigenvalue weighted by atomic mass is 10.1. The molecule has 0 radical (unpaired) electrons. The summed E-state index contributed by atoms with van der Waals surface area (Å²) in [5.74, 6) is -0.229. The number of rotatable bonds is 5. The number of nitrogens with one attached hydrogen (secondary N) is 2. The molecule has 4 rings (SSSR count). The van der Waals surface area contributed by atoms with Crippen molar-refractivity contribution in [2.24, 2.45) is 0 Å². The molecule has 0 aliphatic carbocycles. The van der Waals surface area contributed by atoms with Crippen molar-refractivity contribution in [1.29, 1.82) is 0 Å². The number of fused-ring (bicyclic) bond motifs is 1. The zero-order valence-electron chi connectivity index (χ0n) is 17.6. The standard InChI is InChI=1S/C25H24N4OS/c1-17-14-15-29-18(2)22(27-23(29)16-17)13-10-19-8-11-21(12-9-19)26-25(31)28-24(30)20-6-4-3-5-7-20/h3-9,11-12,14-16H,10,13H2,1-2H3,(H2,26,28,30,31). The highest BCUT2D eigenvalue weighted by Crippen LogP contribution is 2.17. The number of imidazole rings is 1. The first kappa shape index (κ1) is 20.8. The van der Waals surface area contributed by atoms with E-state index in [0.29, 0.717) is 5.56 Å². The van der Waals surface area contributed by atoms with Crippen LogP contribution in [0.5, 0.6) is 0 Å². The zero-order chi connectivity index (χ0) is 21.8. The molecular formula is C25H24N4OS. The number of hydrogen-bond acceptors (Lipinski definition) is 3. The minimum Gasteiger partial charge on any atom is -0.332 e. The Balaban J connectivity index is 1.34. The Hall–Kier alpha value is -3.51. The van der Waals surface area contributed by atoms with Gasteiger partial charge in [-0.25, -0.2) is 4.98 Å². The predicted molar refractivity (Wildman–Crippen MR) is 129 cm³/mol. The largest absolute Gasteiger partial charge is 0.332 e. The highest BCUT2D eigenvalue weighted by molar-refractivity contribution is 7.80. The molecule has 0 aliphatic rings. The molecule has 156 valence electrons. The van der Waals surface area contributed by atoms with E-state index in [9.17, 15) is 4.79 Å². The monoisotopic (exact) mass is 428 g/mol. The van der Waals surface area contributed by atoms with Crippen molar-refractivity contribution in [2.45, 2.75) is 26.7 Å². The maximum absolute atomic E-state index is 12.2. The number of pyridine rings is 1. The summed E-state index contributed by atoms with van der Waals surface area (Å²) in [7, 11) is 0. The normalized spacial score (nSPS) is 10.8. The molecule has 2 aromatic heterocycles. The molecule has 2 aromatic carbocycles. The van der Waals surface area contributed by atoms with E-state index in [1.54, 1.807) is 12.1 Å². The van der Waals surface area contributed by atoms with E-state index < -0.39 is 0 Å². The first-order valence-corrected chi connectivity index (χ1v) is 10.6. The molecule has 0 unspecified atom stereocenters. The Morgan fingerprint density at radius 3 is 2.48 bits per heavy atom. The maximum atomic E-state index is 12.2. The van der Waals surface area contributed by atoms with Crippen LogP contribution in [-0.4, -0.2) is 20.4 Å². The van der Waals surface area contributed by atoms with Crippen molar-refractivity contribution >= 4 is 34.6 Å². The fraction of sp³-hybridized carbons (Fsp3) is 0.160. The third-order valence-electron chi connectivity index (χ3n) is 5.24. The van der Waals surface area contributed by atoms with E-state index in [2.05, 4.69) is 59.3 Å². The summed E-state index contributed by atoms with van der Waals surface area (Å²) < 4.78 is 2.14. The van der Waals surface area contributed by atoms with E-state index in [1.165, 1.54) is 16.8 Å². The third-order valence-corrected chi connectivity index (χ3v) is 5.45. The van der Waals surface area contributed by atoms with Gasteiger partial charge in [0.05, 0.1) is 5.69 Å². The number of carbonyl (C=O) groups excluding carboxylic acids is 1. The van der Waals surface area contributed by atoms with Gasteiger partial charge in [0.15, 0.2) is 5.11 Å². The average molecular weight is 429 g/mol. The van der Waals surface area contributed by atoms with Gasteiger partial charge < -0.3 is 9.72 Å². The first-order chi connectivity index (χ1) is 15.0. The number of hydrogen-bond donors (Lipinski definition) is 2. The van der Waals surface area contributed by atoms with Crippen molar-refractivity contribution in [3.63, 3.8) is 0 Å². The summed E-state index contributed by atoms with van der Waals surface area (Å²) in [6.45, 7) is 4.19. The molecule has 0 fully saturated rings. The van der Waals surface area contributed by atoms with Gasteiger partial charge in [0.1, 0.15) is 5.65 Å². The molecule has 0 aliphatic heterocycles. The predicted octanol–water partition coefficient (Wildman–Crippen LogP) is 4.86. The summed E-state index contributed by atoms with van der Waals surface area (Å²) in [6, 6.07) is 21.3. The van der Waals surface area contributed by atoms with Crippen molar-refractivity contribution in [2.75, 3.05) is 5.32 Å².